The molecule has 2 rings (SSSR count). The molecular formula is C14H17BrFNO. The highest BCUT2D eigenvalue weighted by atomic mass is 79.9. The third-order valence-corrected chi connectivity index (χ3v) is 3.52. The lowest BCUT2D eigenvalue weighted by atomic mass is 10.1. The van der Waals surface area contributed by atoms with E-state index in [1.54, 1.807) is 6.07 Å². The van der Waals surface area contributed by atoms with Crippen LogP contribution in [0.5, 0.6) is 0 Å². The van der Waals surface area contributed by atoms with Crippen molar-refractivity contribution in [3.63, 3.8) is 0 Å². The van der Waals surface area contributed by atoms with E-state index in [2.05, 4.69) is 35.1 Å². The molecule has 0 bridgehead atoms. The van der Waals surface area contributed by atoms with Crippen LogP contribution in [-0.4, -0.2) is 6.54 Å². The van der Waals surface area contributed by atoms with Crippen LogP contribution >= 0.6 is 15.9 Å². The molecule has 0 saturated carbocycles. The fourth-order valence-corrected chi connectivity index (χ4v) is 2.64. The van der Waals surface area contributed by atoms with Crippen LogP contribution in [0.25, 0.3) is 11.0 Å². The Morgan fingerprint density at radius 1 is 1.33 bits per heavy atom. The Hall–Kier alpha value is -0.870. The number of halogens is 2. The molecule has 2 nitrogen and oxygen atoms in total. The van der Waals surface area contributed by atoms with E-state index in [-0.39, 0.29) is 5.82 Å². The quantitative estimate of drug-likeness (QED) is 0.885. The molecule has 1 aromatic carbocycles. The first kappa shape index (κ1) is 13.6. The van der Waals surface area contributed by atoms with Crippen LogP contribution in [0.15, 0.2) is 21.0 Å². The molecule has 0 aliphatic heterocycles. The standard InChI is InChI=1S/C14H17BrFNO/c1-3-5-10-11-6-9(16)7-12(15)14(11)18-13(10)8-17-4-2/h6-7,17H,3-5,8H2,1-2H3. The Bertz CT molecular complexity index is 550. The minimum atomic E-state index is -0.234. The average molecular weight is 314 g/mol. The summed E-state index contributed by atoms with van der Waals surface area (Å²) in [6, 6.07) is 3.00. The Morgan fingerprint density at radius 2 is 2.11 bits per heavy atom. The van der Waals surface area contributed by atoms with Crippen molar-refractivity contribution in [2.45, 2.75) is 33.2 Å². The van der Waals surface area contributed by atoms with E-state index in [9.17, 15) is 4.39 Å². The summed E-state index contributed by atoms with van der Waals surface area (Å²) in [5.41, 5.74) is 1.86. The molecule has 0 spiro atoms. The molecule has 4 heteroatoms. The van der Waals surface area contributed by atoms with Crippen LogP contribution in [-0.2, 0) is 13.0 Å². The zero-order valence-corrected chi connectivity index (χ0v) is 12.2. The Morgan fingerprint density at radius 3 is 2.78 bits per heavy atom. The largest absolute Gasteiger partial charge is 0.458 e. The highest BCUT2D eigenvalue weighted by Crippen LogP contribution is 2.33. The van der Waals surface area contributed by atoms with Gasteiger partial charge in [0, 0.05) is 10.9 Å². The fourth-order valence-electron chi connectivity index (χ4n) is 2.13. The molecule has 0 aliphatic carbocycles. The molecule has 0 fully saturated rings. The van der Waals surface area contributed by atoms with Crippen molar-refractivity contribution in [2.75, 3.05) is 6.54 Å². The van der Waals surface area contributed by atoms with Gasteiger partial charge in [0.15, 0.2) is 0 Å². The zero-order chi connectivity index (χ0) is 13.1. The molecule has 0 atom stereocenters. The smallest absolute Gasteiger partial charge is 0.149 e. The second-order valence-electron chi connectivity index (χ2n) is 4.30. The van der Waals surface area contributed by atoms with Gasteiger partial charge in [-0.2, -0.15) is 0 Å². The van der Waals surface area contributed by atoms with Crippen molar-refractivity contribution in [3.8, 4) is 0 Å². The van der Waals surface area contributed by atoms with Crippen LogP contribution in [0.2, 0.25) is 0 Å². The topological polar surface area (TPSA) is 25.2 Å². The molecule has 2 aromatic rings. The zero-order valence-electron chi connectivity index (χ0n) is 10.6. The number of hydrogen-bond donors (Lipinski definition) is 1. The molecule has 0 amide bonds. The van der Waals surface area contributed by atoms with Gasteiger partial charge < -0.3 is 9.73 Å². The summed E-state index contributed by atoms with van der Waals surface area (Å²) in [6.07, 6.45) is 1.92. The lowest BCUT2D eigenvalue weighted by Gasteiger charge is -2.01. The second-order valence-corrected chi connectivity index (χ2v) is 5.15. The molecule has 0 radical (unpaired) electrons. The first-order valence-corrected chi connectivity index (χ1v) is 7.06. The number of furan rings is 1. The predicted molar refractivity (Wildman–Crippen MR) is 75.2 cm³/mol. The number of aryl methyl sites for hydroxylation is 1. The Kier molecular flexibility index (Phi) is 4.40. The van der Waals surface area contributed by atoms with E-state index < -0.39 is 0 Å². The van der Waals surface area contributed by atoms with Gasteiger partial charge in [-0.3, -0.25) is 0 Å². The highest BCUT2D eigenvalue weighted by molar-refractivity contribution is 9.10. The van der Waals surface area contributed by atoms with Gasteiger partial charge in [0.1, 0.15) is 17.2 Å². The van der Waals surface area contributed by atoms with Crippen LogP contribution in [0.1, 0.15) is 31.6 Å². The third-order valence-electron chi connectivity index (χ3n) is 2.93. The lowest BCUT2D eigenvalue weighted by molar-refractivity contribution is 0.511. The van der Waals surface area contributed by atoms with E-state index in [1.165, 1.54) is 6.07 Å². The number of fused-ring (bicyclic) bond motifs is 1. The van der Waals surface area contributed by atoms with Gasteiger partial charge in [-0.25, -0.2) is 4.39 Å². The molecular weight excluding hydrogens is 297 g/mol. The summed E-state index contributed by atoms with van der Waals surface area (Å²) in [5.74, 6) is 0.683. The molecule has 1 heterocycles. The number of rotatable bonds is 5. The van der Waals surface area contributed by atoms with Gasteiger partial charge in [-0.05, 0) is 41.0 Å². The normalized spacial score (nSPS) is 11.3. The van der Waals surface area contributed by atoms with E-state index in [4.69, 9.17) is 4.42 Å². The Labute approximate surface area is 115 Å². The highest BCUT2D eigenvalue weighted by Gasteiger charge is 2.16. The van der Waals surface area contributed by atoms with Crippen molar-refractivity contribution >= 4 is 26.9 Å². The molecule has 0 saturated heterocycles. The van der Waals surface area contributed by atoms with E-state index in [0.717, 1.165) is 41.7 Å². The maximum atomic E-state index is 13.5. The first-order chi connectivity index (χ1) is 8.67. The minimum Gasteiger partial charge on any atom is -0.458 e. The number of benzene rings is 1. The molecule has 0 unspecified atom stereocenters. The summed E-state index contributed by atoms with van der Waals surface area (Å²) in [4.78, 5) is 0. The van der Waals surface area contributed by atoms with E-state index in [1.807, 2.05) is 0 Å². The summed E-state index contributed by atoms with van der Waals surface area (Å²) < 4.78 is 20.0. The van der Waals surface area contributed by atoms with Crippen LogP contribution in [0.3, 0.4) is 0 Å². The molecule has 98 valence electrons. The van der Waals surface area contributed by atoms with Gasteiger partial charge in [0.05, 0.1) is 11.0 Å². The van der Waals surface area contributed by atoms with E-state index >= 15 is 0 Å². The van der Waals surface area contributed by atoms with Crippen molar-refractivity contribution in [3.05, 3.63) is 33.7 Å². The van der Waals surface area contributed by atoms with Gasteiger partial charge >= 0.3 is 0 Å². The minimum absolute atomic E-state index is 0.234. The summed E-state index contributed by atoms with van der Waals surface area (Å²) in [6.45, 7) is 5.74. The maximum absolute atomic E-state index is 13.5. The van der Waals surface area contributed by atoms with Crippen LogP contribution < -0.4 is 5.32 Å². The third kappa shape index (κ3) is 2.59. The van der Waals surface area contributed by atoms with Gasteiger partial charge in [-0.1, -0.05) is 20.3 Å². The van der Waals surface area contributed by atoms with Gasteiger partial charge in [-0.15, -0.1) is 0 Å². The maximum Gasteiger partial charge on any atom is 0.149 e. The monoisotopic (exact) mass is 313 g/mol. The average Bonchev–Trinajstić information content (AvgIpc) is 2.66. The van der Waals surface area contributed by atoms with Crippen molar-refractivity contribution < 1.29 is 8.81 Å². The SMILES string of the molecule is CCCc1c(CNCC)oc2c(Br)cc(F)cc12. The lowest BCUT2D eigenvalue weighted by Crippen LogP contribution is -2.12. The summed E-state index contributed by atoms with van der Waals surface area (Å²) in [5, 5.41) is 4.14. The van der Waals surface area contributed by atoms with Crippen LogP contribution in [0.4, 0.5) is 4.39 Å². The fraction of sp³-hybridized carbons (Fsp3) is 0.429. The Balaban J connectivity index is 2.55. The summed E-state index contributed by atoms with van der Waals surface area (Å²) in [7, 11) is 0. The van der Waals surface area contributed by atoms with Gasteiger partial charge in [0.25, 0.3) is 0 Å². The predicted octanol–water partition coefficient (Wildman–Crippen LogP) is 4.40. The van der Waals surface area contributed by atoms with Crippen molar-refractivity contribution in [1.82, 2.24) is 5.32 Å². The summed E-state index contributed by atoms with van der Waals surface area (Å²) >= 11 is 3.36. The van der Waals surface area contributed by atoms with E-state index in [0.29, 0.717) is 11.0 Å². The molecule has 0 aliphatic rings. The molecule has 1 N–H and O–H groups in total. The number of hydrogen-bond acceptors (Lipinski definition) is 2. The molecule has 18 heavy (non-hydrogen) atoms. The van der Waals surface area contributed by atoms with Gasteiger partial charge in [0.2, 0.25) is 0 Å². The number of nitrogens with one attached hydrogen (secondary N) is 1. The van der Waals surface area contributed by atoms with Crippen LogP contribution in [0, 0.1) is 5.82 Å². The molecule has 1 aromatic heterocycles. The van der Waals surface area contributed by atoms with Crippen molar-refractivity contribution in [2.24, 2.45) is 0 Å². The first-order valence-electron chi connectivity index (χ1n) is 6.27. The van der Waals surface area contributed by atoms with Crippen molar-refractivity contribution in [1.29, 1.82) is 0 Å². The second kappa shape index (κ2) is 5.85.